The molecule has 0 aromatic rings. The van der Waals surface area contributed by atoms with Gasteiger partial charge in [-0.2, -0.15) is 0 Å². The van der Waals surface area contributed by atoms with Gasteiger partial charge in [0.25, 0.3) is 0 Å². The van der Waals surface area contributed by atoms with E-state index in [-0.39, 0.29) is 0 Å². The number of likely N-dealkylation sites (tertiary alicyclic amines) is 1. The van der Waals surface area contributed by atoms with Gasteiger partial charge in [0, 0.05) is 18.1 Å². The van der Waals surface area contributed by atoms with E-state index in [0.717, 1.165) is 53.6 Å². The number of rotatable bonds is 1. The second-order valence-corrected chi connectivity index (χ2v) is 13.2. The summed E-state index contributed by atoms with van der Waals surface area (Å²) >= 11 is 0. The van der Waals surface area contributed by atoms with Gasteiger partial charge in [-0.3, -0.25) is 4.90 Å². The van der Waals surface area contributed by atoms with Crippen LogP contribution >= 0.6 is 0 Å². The smallest absolute Gasteiger partial charge is 0.0135 e. The lowest BCUT2D eigenvalue weighted by Gasteiger charge is -2.68. The van der Waals surface area contributed by atoms with Crippen LogP contribution in [0.5, 0.6) is 0 Å². The van der Waals surface area contributed by atoms with Crippen molar-refractivity contribution in [2.24, 2.45) is 40.9 Å². The molecule has 0 bridgehead atoms. The van der Waals surface area contributed by atoms with Crippen molar-refractivity contribution in [1.29, 1.82) is 0 Å². The Balaban J connectivity index is 1.36. The molecule has 3 heterocycles. The lowest BCUT2D eigenvalue weighted by atomic mass is 9.45. The van der Waals surface area contributed by atoms with Crippen LogP contribution in [0.2, 0.25) is 0 Å². The maximum atomic E-state index is 3.97. The number of piperidine rings is 3. The monoisotopic (exact) mass is 439 g/mol. The summed E-state index contributed by atoms with van der Waals surface area (Å²) in [5.41, 5.74) is 0.650. The van der Waals surface area contributed by atoms with E-state index in [4.69, 9.17) is 0 Å². The van der Waals surface area contributed by atoms with Crippen LogP contribution in [-0.4, -0.2) is 49.2 Å². The molecule has 2 N–H and O–H groups in total. The molecule has 4 saturated carbocycles. The third-order valence-electron chi connectivity index (χ3n) is 12.4. The van der Waals surface area contributed by atoms with Crippen molar-refractivity contribution in [3.63, 3.8) is 0 Å². The van der Waals surface area contributed by atoms with Gasteiger partial charge in [-0.25, -0.2) is 0 Å². The third kappa shape index (κ3) is 2.95. The summed E-state index contributed by atoms with van der Waals surface area (Å²) in [7, 11) is 0. The van der Waals surface area contributed by atoms with Crippen LogP contribution in [-0.2, 0) is 0 Å². The highest BCUT2D eigenvalue weighted by Gasteiger charge is 2.70. The standard InChI is InChI=1S/C29H49N3/c1-2-8-20(9-3-1)32-27-12-6-4-10-23(27)29(24-11-5-7-13-28(24)32)25-18-30-16-14-21(25)22-15-17-31-19-26(22)29/h20-28,30-31H,1-19H2. The van der Waals surface area contributed by atoms with E-state index in [1.165, 1.54) is 110 Å². The first-order chi connectivity index (χ1) is 15.9. The molecule has 3 nitrogen and oxygen atoms in total. The zero-order chi connectivity index (χ0) is 21.1. The molecule has 1 spiro atoms. The molecule has 0 amide bonds. The van der Waals surface area contributed by atoms with Crippen molar-refractivity contribution in [3.05, 3.63) is 0 Å². The summed E-state index contributed by atoms with van der Waals surface area (Å²) in [6.45, 7) is 5.30. The summed E-state index contributed by atoms with van der Waals surface area (Å²) in [4.78, 5) is 3.30. The van der Waals surface area contributed by atoms with Gasteiger partial charge in [-0.1, -0.05) is 44.9 Å². The molecule has 3 saturated heterocycles. The molecule has 7 rings (SSSR count). The number of fused-ring (bicyclic) bond motifs is 9. The summed E-state index contributed by atoms with van der Waals surface area (Å²) in [6, 6.07) is 2.78. The molecule has 0 aromatic carbocycles. The molecule has 8 atom stereocenters. The second kappa shape index (κ2) is 8.52. The van der Waals surface area contributed by atoms with Gasteiger partial charge in [-0.15, -0.1) is 0 Å². The van der Waals surface area contributed by atoms with E-state index >= 15 is 0 Å². The number of hydrogen-bond acceptors (Lipinski definition) is 3. The van der Waals surface area contributed by atoms with Crippen LogP contribution in [0.1, 0.15) is 96.3 Å². The summed E-state index contributed by atoms with van der Waals surface area (Å²) in [5.74, 6) is 6.04. The largest absolute Gasteiger partial charge is 0.316 e. The Bertz CT molecular complexity index is 623. The maximum absolute atomic E-state index is 3.97. The van der Waals surface area contributed by atoms with Gasteiger partial charge in [-0.05, 0) is 118 Å². The minimum Gasteiger partial charge on any atom is -0.316 e. The average molecular weight is 440 g/mol. The molecular weight excluding hydrogens is 390 g/mol. The second-order valence-electron chi connectivity index (χ2n) is 13.2. The molecule has 180 valence electrons. The van der Waals surface area contributed by atoms with Crippen LogP contribution in [0.3, 0.4) is 0 Å². The topological polar surface area (TPSA) is 27.3 Å². The fraction of sp³-hybridized carbons (Fsp3) is 1.00. The van der Waals surface area contributed by atoms with E-state index in [1.54, 1.807) is 12.8 Å². The van der Waals surface area contributed by atoms with E-state index in [0.29, 0.717) is 5.41 Å². The van der Waals surface area contributed by atoms with Crippen molar-refractivity contribution in [3.8, 4) is 0 Å². The van der Waals surface area contributed by atoms with Gasteiger partial charge in [0.15, 0.2) is 0 Å². The summed E-state index contributed by atoms with van der Waals surface area (Å²) in [5, 5.41) is 7.94. The highest BCUT2D eigenvalue weighted by atomic mass is 15.3. The minimum atomic E-state index is 0.650. The molecule has 0 aromatic heterocycles. The molecule has 32 heavy (non-hydrogen) atoms. The summed E-state index contributed by atoms with van der Waals surface area (Å²) in [6.07, 6.45) is 22.7. The lowest BCUT2D eigenvalue weighted by Crippen LogP contribution is -2.71. The highest BCUT2D eigenvalue weighted by Crippen LogP contribution is 2.71. The van der Waals surface area contributed by atoms with Crippen LogP contribution in [0, 0.1) is 40.9 Å². The number of hydrogen-bond donors (Lipinski definition) is 2. The van der Waals surface area contributed by atoms with Crippen molar-refractivity contribution in [2.75, 3.05) is 26.2 Å². The van der Waals surface area contributed by atoms with Crippen LogP contribution in [0.15, 0.2) is 0 Å². The van der Waals surface area contributed by atoms with E-state index in [9.17, 15) is 0 Å². The fourth-order valence-corrected chi connectivity index (χ4v) is 11.8. The fourth-order valence-electron chi connectivity index (χ4n) is 11.8. The van der Waals surface area contributed by atoms with E-state index < -0.39 is 0 Å². The Morgan fingerprint density at radius 1 is 0.500 bits per heavy atom. The molecular formula is C29H49N3. The Hall–Kier alpha value is -0.120. The predicted octanol–water partition coefficient (Wildman–Crippen LogP) is 5.20. The zero-order valence-electron chi connectivity index (χ0n) is 20.6. The highest BCUT2D eigenvalue weighted by molar-refractivity contribution is 5.21. The van der Waals surface area contributed by atoms with Crippen molar-refractivity contribution >= 4 is 0 Å². The van der Waals surface area contributed by atoms with E-state index in [2.05, 4.69) is 15.5 Å². The normalized spacial score (nSPS) is 52.1. The molecule has 7 aliphatic rings. The van der Waals surface area contributed by atoms with E-state index in [1.807, 2.05) is 0 Å². The van der Waals surface area contributed by atoms with Crippen molar-refractivity contribution in [2.45, 2.75) is 114 Å². The number of nitrogens with one attached hydrogen (secondary N) is 2. The molecule has 3 heteroatoms. The van der Waals surface area contributed by atoms with Gasteiger partial charge >= 0.3 is 0 Å². The first-order valence-corrected chi connectivity index (χ1v) is 15.1. The van der Waals surface area contributed by atoms with Gasteiger partial charge < -0.3 is 10.6 Å². The first kappa shape index (κ1) is 21.2. The van der Waals surface area contributed by atoms with Crippen LogP contribution in [0.4, 0.5) is 0 Å². The third-order valence-corrected chi connectivity index (χ3v) is 12.4. The quantitative estimate of drug-likeness (QED) is 0.588. The minimum absolute atomic E-state index is 0.650. The van der Waals surface area contributed by atoms with Crippen molar-refractivity contribution < 1.29 is 0 Å². The summed E-state index contributed by atoms with van der Waals surface area (Å²) < 4.78 is 0. The Morgan fingerprint density at radius 2 is 1.00 bits per heavy atom. The lowest BCUT2D eigenvalue weighted by molar-refractivity contribution is -0.191. The molecule has 4 aliphatic carbocycles. The van der Waals surface area contributed by atoms with Crippen LogP contribution in [0.25, 0.3) is 0 Å². The van der Waals surface area contributed by atoms with Gasteiger partial charge in [0.1, 0.15) is 0 Å². The van der Waals surface area contributed by atoms with Crippen molar-refractivity contribution in [1.82, 2.24) is 15.5 Å². The maximum Gasteiger partial charge on any atom is 0.0135 e. The van der Waals surface area contributed by atoms with Gasteiger partial charge in [0.05, 0.1) is 0 Å². The van der Waals surface area contributed by atoms with Crippen LogP contribution < -0.4 is 10.6 Å². The molecule has 7 fully saturated rings. The Morgan fingerprint density at radius 3 is 1.56 bits per heavy atom. The predicted molar refractivity (Wildman–Crippen MR) is 132 cm³/mol. The number of nitrogens with zero attached hydrogens (tertiary/aromatic N) is 1. The average Bonchev–Trinajstić information content (AvgIpc) is 3.16. The molecule has 0 radical (unpaired) electrons. The Kier molecular flexibility index (Phi) is 5.64. The molecule has 8 unspecified atom stereocenters. The zero-order valence-corrected chi connectivity index (χ0v) is 20.6. The molecule has 3 aliphatic heterocycles. The first-order valence-electron chi connectivity index (χ1n) is 15.1. The Labute approximate surface area is 197 Å². The van der Waals surface area contributed by atoms with Gasteiger partial charge in [0.2, 0.25) is 0 Å². The SMILES string of the molecule is C1CCC(N2C3CCCCC3C3(C4CNCCC4C4CCNCC43)C3CCCCC32)CC1.